The molecule has 0 aromatic rings. The number of hydrogen-bond donors (Lipinski definition) is 0. The van der Waals surface area contributed by atoms with Gasteiger partial charge in [0.1, 0.15) is 13.2 Å². The Kier molecular flexibility index (Phi) is 37.6. The standard InChI is InChI=1S/C47H85NO8/c1-6-8-10-12-14-16-18-20-22-24-26-28-30-32-34-36-38-45(50)56-43(42-55-47(46(51)52)53-40-39-48(3,4)5)41-54-44(49)37-35-33-31-29-27-25-23-21-19-17-15-13-11-9-7-2/h16,18,21-24,43,47H,6-15,17,19-20,25-42H2,1-5H3/b18-16-,23-21-,24-22-. The second-order valence-corrected chi connectivity index (χ2v) is 16.3. The van der Waals surface area contributed by atoms with Crippen LogP contribution in [0.5, 0.6) is 0 Å². The Morgan fingerprint density at radius 3 is 1.45 bits per heavy atom. The third-order valence-electron chi connectivity index (χ3n) is 9.61. The fourth-order valence-corrected chi connectivity index (χ4v) is 6.03. The number of aliphatic carboxylic acids is 1. The number of esters is 2. The van der Waals surface area contributed by atoms with Crippen LogP contribution in [0, 0.1) is 0 Å². The summed E-state index contributed by atoms with van der Waals surface area (Å²) in [5.74, 6) is -2.31. The predicted molar refractivity (Wildman–Crippen MR) is 228 cm³/mol. The predicted octanol–water partition coefficient (Wildman–Crippen LogP) is 10.5. The van der Waals surface area contributed by atoms with Crippen molar-refractivity contribution in [2.75, 3.05) is 47.5 Å². The molecule has 2 atom stereocenters. The molecular formula is C47H85NO8. The molecule has 0 fully saturated rings. The first kappa shape index (κ1) is 53.5. The van der Waals surface area contributed by atoms with Gasteiger partial charge in [0.05, 0.1) is 40.3 Å². The van der Waals surface area contributed by atoms with Crippen molar-refractivity contribution >= 4 is 17.9 Å². The number of nitrogens with zero attached hydrogens (tertiary/aromatic N) is 1. The van der Waals surface area contributed by atoms with Crippen LogP contribution in [-0.2, 0) is 33.3 Å². The summed E-state index contributed by atoms with van der Waals surface area (Å²) in [6, 6.07) is 0. The summed E-state index contributed by atoms with van der Waals surface area (Å²) in [6.07, 6.45) is 40.2. The molecule has 2 unspecified atom stereocenters. The molecule has 326 valence electrons. The number of carboxylic acids is 1. The maximum Gasteiger partial charge on any atom is 0.306 e. The number of hydrogen-bond acceptors (Lipinski definition) is 8. The molecule has 0 aliphatic carbocycles. The van der Waals surface area contributed by atoms with Gasteiger partial charge in [-0.05, 0) is 70.6 Å². The third-order valence-corrected chi connectivity index (χ3v) is 9.61. The van der Waals surface area contributed by atoms with Crippen molar-refractivity contribution in [3.05, 3.63) is 36.5 Å². The van der Waals surface area contributed by atoms with E-state index in [2.05, 4.69) is 50.3 Å². The molecule has 0 bridgehead atoms. The summed E-state index contributed by atoms with van der Waals surface area (Å²) in [5, 5.41) is 11.7. The number of unbranched alkanes of at least 4 members (excludes halogenated alkanes) is 20. The van der Waals surface area contributed by atoms with Crippen molar-refractivity contribution in [2.45, 2.75) is 200 Å². The summed E-state index contributed by atoms with van der Waals surface area (Å²) < 4.78 is 22.5. The SMILES string of the molecule is CCCCCC/C=C\C/C=C\CCCCCCCC(=O)OC(COC(=O)CCCCCCC/C=C\CCCCCCCC)COC(OCC[N+](C)(C)C)C(=O)[O-]. The zero-order valence-corrected chi connectivity index (χ0v) is 36.8. The van der Waals surface area contributed by atoms with Crippen molar-refractivity contribution in [2.24, 2.45) is 0 Å². The first-order valence-corrected chi connectivity index (χ1v) is 22.6. The van der Waals surface area contributed by atoms with Gasteiger partial charge in [0.2, 0.25) is 0 Å². The molecule has 0 N–H and O–H groups in total. The first-order valence-electron chi connectivity index (χ1n) is 22.6. The molecular weight excluding hydrogens is 707 g/mol. The highest BCUT2D eigenvalue weighted by atomic mass is 16.7. The van der Waals surface area contributed by atoms with Crippen LogP contribution in [0.4, 0.5) is 0 Å². The fourth-order valence-electron chi connectivity index (χ4n) is 6.03. The molecule has 0 spiro atoms. The van der Waals surface area contributed by atoms with E-state index in [9.17, 15) is 19.5 Å². The number of allylic oxidation sites excluding steroid dienone is 6. The van der Waals surface area contributed by atoms with E-state index >= 15 is 0 Å². The van der Waals surface area contributed by atoms with Crippen LogP contribution in [0.2, 0.25) is 0 Å². The molecule has 0 saturated heterocycles. The average Bonchev–Trinajstić information content (AvgIpc) is 3.15. The van der Waals surface area contributed by atoms with Gasteiger partial charge >= 0.3 is 11.9 Å². The normalized spacial score (nSPS) is 13.2. The zero-order valence-electron chi connectivity index (χ0n) is 36.8. The van der Waals surface area contributed by atoms with E-state index in [4.69, 9.17) is 18.9 Å². The monoisotopic (exact) mass is 792 g/mol. The number of ether oxygens (including phenoxy) is 4. The highest BCUT2D eigenvalue weighted by molar-refractivity contribution is 5.70. The molecule has 9 heteroatoms. The molecule has 0 amide bonds. The molecule has 0 saturated carbocycles. The fraction of sp³-hybridized carbons (Fsp3) is 0.809. The Morgan fingerprint density at radius 2 is 0.964 bits per heavy atom. The molecule has 0 aliphatic heterocycles. The maximum absolute atomic E-state index is 12.7. The van der Waals surface area contributed by atoms with E-state index in [0.717, 1.165) is 77.0 Å². The third kappa shape index (κ3) is 39.7. The molecule has 0 heterocycles. The summed E-state index contributed by atoms with van der Waals surface area (Å²) in [5.41, 5.74) is 0. The van der Waals surface area contributed by atoms with Crippen molar-refractivity contribution in [3.8, 4) is 0 Å². The van der Waals surface area contributed by atoms with Crippen LogP contribution in [0.25, 0.3) is 0 Å². The Balaban J connectivity index is 4.48. The minimum atomic E-state index is -1.62. The van der Waals surface area contributed by atoms with Gasteiger partial charge in [-0.15, -0.1) is 0 Å². The highest BCUT2D eigenvalue weighted by Crippen LogP contribution is 2.13. The number of carboxylic acid groups (broad SMARTS) is 1. The summed E-state index contributed by atoms with van der Waals surface area (Å²) in [7, 11) is 5.90. The number of likely N-dealkylation sites (N-methyl/N-ethyl adjacent to an activating group) is 1. The second kappa shape index (κ2) is 39.3. The van der Waals surface area contributed by atoms with Gasteiger partial charge < -0.3 is 33.3 Å². The Hall–Kier alpha value is -2.49. The molecule has 0 radical (unpaired) electrons. The van der Waals surface area contributed by atoms with Gasteiger partial charge in [0.15, 0.2) is 12.4 Å². The van der Waals surface area contributed by atoms with E-state index in [1.165, 1.54) is 77.0 Å². The van der Waals surface area contributed by atoms with Crippen molar-refractivity contribution < 1.29 is 42.9 Å². The van der Waals surface area contributed by atoms with Crippen LogP contribution >= 0.6 is 0 Å². The van der Waals surface area contributed by atoms with Crippen LogP contribution in [0.15, 0.2) is 36.5 Å². The summed E-state index contributed by atoms with van der Waals surface area (Å²) in [4.78, 5) is 37.0. The molecule has 0 aromatic heterocycles. The Labute approximate surface area is 343 Å². The lowest BCUT2D eigenvalue weighted by Crippen LogP contribution is -2.44. The summed E-state index contributed by atoms with van der Waals surface area (Å²) >= 11 is 0. The lowest BCUT2D eigenvalue weighted by atomic mass is 10.1. The lowest BCUT2D eigenvalue weighted by molar-refractivity contribution is -0.870. The van der Waals surface area contributed by atoms with E-state index in [0.29, 0.717) is 17.4 Å². The van der Waals surface area contributed by atoms with E-state index in [1.54, 1.807) is 0 Å². The zero-order chi connectivity index (χ0) is 41.4. The van der Waals surface area contributed by atoms with Gasteiger partial charge in [-0.2, -0.15) is 0 Å². The Bertz CT molecular complexity index is 1020. The van der Waals surface area contributed by atoms with Gasteiger partial charge in [-0.1, -0.05) is 140 Å². The largest absolute Gasteiger partial charge is 0.545 e. The number of carbonyl (C=O) groups is 3. The Morgan fingerprint density at radius 1 is 0.536 bits per heavy atom. The van der Waals surface area contributed by atoms with Gasteiger partial charge in [-0.3, -0.25) is 9.59 Å². The quantitative estimate of drug-likeness (QED) is 0.0198. The van der Waals surface area contributed by atoms with Crippen LogP contribution in [0.1, 0.15) is 187 Å². The van der Waals surface area contributed by atoms with Crippen LogP contribution in [-0.4, -0.2) is 82.3 Å². The van der Waals surface area contributed by atoms with Crippen LogP contribution < -0.4 is 5.11 Å². The van der Waals surface area contributed by atoms with Crippen LogP contribution in [0.3, 0.4) is 0 Å². The smallest absolute Gasteiger partial charge is 0.306 e. The lowest BCUT2D eigenvalue weighted by Gasteiger charge is -2.26. The summed E-state index contributed by atoms with van der Waals surface area (Å²) in [6.45, 7) is 4.69. The second-order valence-electron chi connectivity index (χ2n) is 16.3. The minimum Gasteiger partial charge on any atom is -0.545 e. The average molecular weight is 792 g/mol. The van der Waals surface area contributed by atoms with Gasteiger partial charge in [0.25, 0.3) is 0 Å². The molecule has 0 aromatic carbocycles. The molecule has 0 aliphatic rings. The molecule has 0 rings (SSSR count). The molecule has 56 heavy (non-hydrogen) atoms. The molecule has 9 nitrogen and oxygen atoms in total. The van der Waals surface area contributed by atoms with E-state index in [1.807, 2.05) is 21.1 Å². The van der Waals surface area contributed by atoms with E-state index in [-0.39, 0.29) is 38.6 Å². The topological polar surface area (TPSA) is 111 Å². The van der Waals surface area contributed by atoms with Gasteiger partial charge in [0, 0.05) is 12.8 Å². The number of carbonyl (C=O) groups excluding carboxylic acids is 3. The van der Waals surface area contributed by atoms with Crippen molar-refractivity contribution in [1.29, 1.82) is 0 Å². The highest BCUT2D eigenvalue weighted by Gasteiger charge is 2.21. The number of quaternary nitrogens is 1. The van der Waals surface area contributed by atoms with Crippen molar-refractivity contribution in [3.63, 3.8) is 0 Å². The first-order chi connectivity index (χ1) is 27.1. The van der Waals surface area contributed by atoms with Crippen molar-refractivity contribution in [1.82, 2.24) is 0 Å². The van der Waals surface area contributed by atoms with E-state index < -0.39 is 24.3 Å². The minimum absolute atomic E-state index is 0.143. The van der Waals surface area contributed by atoms with Gasteiger partial charge in [-0.25, -0.2) is 0 Å². The maximum atomic E-state index is 12.7. The number of rotatable bonds is 41.